The maximum absolute atomic E-state index is 12.2. The maximum atomic E-state index is 12.2. The summed E-state index contributed by atoms with van der Waals surface area (Å²) >= 11 is 0. The zero-order valence-electron chi connectivity index (χ0n) is 15.5. The van der Waals surface area contributed by atoms with Crippen LogP contribution in [0.15, 0.2) is 40.9 Å². The second-order valence-electron chi connectivity index (χ2n) is 6.55. The number of hydrogen-bond acceptors (Lipinski definition) is 5. The summed E-state index contributed by atoms with van der Waals surface area (Å²) in [6.45, 7) is 6.30. The lowest BCUT2D eigenvalue weighted by atomic mass is 10.2. The average molecular weight is 371 g/mol. The molecule has 8 nitrogen and oxygen atoms in total. The number of rotatable bonds is 6. The lowest BCUT2D eigenvalue weighted by molar-refractivity contribution is 0.0952. The van der Waals surface area contributed by atoms with Crippen molar-refractivity contribution in [2.75, 3.05) is 39.3 Å². The van der Waals surface area contributed by atoms with Crippen LogP contribution >= 0.6 is 0 Å². The van der Waals surface area contributed by atoms with Gasteiger partial charge in [0.25, 0.3) is 5.91 Å². The summed E-state index contributed by atoms with van der Waals surface area (Å²) in [6.07, 6.45) is 0. The number of carbonyl (C=O) groups excluding carboxylic acids is 2. The molecule has 8 heteroatoms. The van der Waals surface area contributed by atoms with Crippen molar-refractivity contribution in [2.24, 2.45) is 0 Å². The van der Waals surface area contributed by atoms with E-state index in [4.69, 9.17) is 4.52 Å². The number of benzene rings is 1. The van der Waals surface area contributed by atoms with Crippen molar-refractivity contribution < 1.29 is 14.1 Å². The van der Waals surface area contributed by atoms with Gasteiger partial charge in [-0.25, -0.2) is 4.79 Å². The fourth-order valence-corrected chi connectivity index (χ4v) is 2.97. The molecular formula is C19H25N5O3. The number of amides is 3. The Kier molecular flexibility index (Phi) is 6.43. The van der Waals surface area contributed by atoms with Crippen molar-refractivity contribution in [1.82, 2.24) is 25.6 Å². The quantitative estimate of drug-likeness (QED) is 0.746. The average Bonchev–Trinajstić information content (AvgIpc) is 3.10. The summed E-state index contributed by atoms with van der Waals surface area (Å²) in [5, 5.41) is 9.54. The van der Waals surface area contributed by atoms with Crippen LogP contribution in [0.4, 0.5) is 4.79 Å². The van der Waals surface area contributed by atoms with Crippen molar-refractivity contribution in [1.29, 1.82) is 0 Å². The molecule has 1 saturated heterocycles. The van der Waals surface area contributed by atoms with Crippen molar-refractivity contribution >= 4 is 11.9 Å². The van der Waals surface area contributed by atoms with Crippen molar-refractivity contribution in [3.8, 4) is 0 Å². The number of nitrogens with zero attached hydrogens (tertiary/aromatic N) is 3. The molecule has 3 rings (SSSR count). The number of hydrogen-bond donors (Lipinski definition) is 2. The maximum Gasteiger partial charge on any atom is 0.317 e. The first-order valence-corrected chi connectivity index (χ1v) is 9.12. The second kappa shape index (κ2) is 9.18. The van der Waals surface area contributed by atoms with E-state index in [1.165, 1.54) is 0 Å². The Morgan fingerprint density at radius 1 is 1.07 bits per heavy atom. The molecule has 2 heterocycles. The predicted molar refractivity (Wildman–Crippen MR) is 100 cm³/mol. The zero-order valence-corrected chi connectivity index (χ0v) is 15.5. The van der Waals surface area contributed by atoms with E-state index in [-0.39, 0.29) is 11.9 Å². The Labute approximate surface area is 158 Å². The Morgan fingerprint density at radius 2 is 1.78 bits per heavy atom. The molecule has 2 N–H and O–H groups in total. The topological polar surface area (TPSA) is 90.7 Å². The van der Waals surface area contributed by atoms with Crippen LogP contribution in [-0.4, -0.2) is 66.2 Å². The van der Waals surface area contributed by atoms with Crippen LogP contribution in [-0.2, 0) is 6.54 Å². The first kappa shape index (κ1) is 18.9. The minimum atomic E-state index is -0.138. The molecule has 0 bridgehead atoms. The molecule has 0 spiro atoms. The van der Waals surface area contributed by atoms with Gasteiger partial charge in [0, 0.05) is 50.9 Å². The molecular weight excluding hydrogens is 346 g/mol. The SMILES string of the molecule is Cc1cc(CN2CCN(C(=O)NCCNC(=O)c3ccccc3)CC2)on1. The number of carbonyl (C=O) groups is 2. The van der Waals surface area contributed by atoms with Crippen LogP contribution in [0, 0.1) is 6.92 Å². The second-order valence-corrected chi connectivity index (χ2v) is 6.55. The van der Waals surface area contributed by atoms with E-state index in [1.807, 2.05) is 31.2 Å². The number of aromatic nitrogens is 1. The molecule has 1 aliphatic heterocycles. The number of urea groups is 1. The van der Waals surface area contributed by atoms with Gasteiger partial charge in [-0.1, -0.05) is 23.4 Å². The fourth-order valence-electron chi connectivity index (χ4n) is 2.97. The molecule has 0 atom stereocenters. The molecule has 3 amide bonds. The molecule has 0 radical (unpaired) electrons. The minimum Gasteiger partial charge on any atom is -0.360 e. The molecule has 0 unspecified atom stereocenters. The lowest BCUT2D eigenvalue weighted by Gasteiger charge is -2.34. The van der Waals surface area contributed by atoms with Gasteiger partial charge < -0.3 is 20.1 Å². The fraction of sp³-hybridized carbons (Fsp3) is 0.421. The van der Waals surface area contributed by atoms with E-state index < -0.39 is 0 Å². The van der Waals surface area contributed by atoms with E-state index in [0.717, 1.165) is 24.5 Å². The molecule has 0 aliphatic carbocycles. The van der Waals surface area contributed by atoms with Crippen LogP contribution < -0.4 is 10.6 Å². The van der Waals surface area contributed by atoms with Gasteiger partial charge in [-0.2, -0.15) is 0 Å². The third-order valence-electron chi connectivity index (χ3n) is 4.44. The first-order chi connectivity index (χ1) is 13.1. The standard InChI is InChI=1S/C19H25N5O3/c1-15-13-17(27-22-15)14-23-9-11-24(12-10-23)19(26)21-8-7-20-18(25)16-5-3-2-4-6-16/h2-6,13H,7-12,14H2,1H3,(H,20,25)(H,21,26). The molecule has 27 heavy (non-hydrogen) atoms. The Morgan fingerprint density at radius 3 is 2.44 bits per heavy atom. The Hall–Kier alpha value is -2.87. The predicted octanol–water partition coefficient (Wildman–Crippen LogP) is 1.24. The van der Waals surface area contributed by atoms with E-state index >= 15 is 0 Å². The highest BCUT2D eigenvalue weighted by atomic mass is 16.5. The van der Waals surface area contributed by atoms with Gasteiger partial charge in [-0.15, -0.1) is 0 Å². The highest BCUT2D eigenvalue weighted by Crippen LogP contribution is 2.09. The van der Waals surface area contributed by atoms with Crippen molar-refractivity contribution in [3.63, 3.8) is 0 Å². The van der Waals surface area contributed by atoms with Crippen LogP contribution in [0.1, 0.15) is 21.8 Å². The molecule has 1 aromatic heterocycles. The van der Waals surface area contributed by atoms with Gasteiger partial charge in [0.1, 0.15) is 0 Å². The summed E-state index contributed by atoms with van der Waals surface area (Å²) in [6, 6.07) is 10.9. The summed E-state index contributed by atoms with van der Waals surface area (Å²) in [7, 11) is 0. The first-order valence-electron chi connectivity index (χ1n) is 9.12. The summed E-state index contributed by atoms with van der Waals surface area (Å²) < 4.78 is 5.24. The molecule has 1 aromatic carbocycles. The van der Waals surface area contributed by atoms with Crippen LogP contribution in [0.25, 0.3) is 0 Å². The van der Waals surface area contributed by atoms with Crippen LogP contribution in [0.3, 0.4) is 0 Å². The van der Waals surface area contributed by atoms with Crippen LogP contribution in [0.5, 0.6) is 0 Å². The summed E-state index contributed by atoms with van der Waals surface area (Å²) in [4.78, 5) is 28.2. The highest BCUT2D eigenvalue weighted by molar-refractivity contribution is 5.94. The molecule has 144 valence electrons. The van der Waals surface area contributed by atoms with E-state index in [0.29, 0.717) is 38.3 Å². The lowest BCUT2D eigenvalue weighted by Crippen LogP contribution is -2.52. The number of piperazine rings is 1. The smallest absolute Gasteiger partial charge is 0.317 e. The third kappa shape index (κ3) is 5.55. The largest absolute Gasteiger partial charge is 0.360 e. The molecule has 1 fully saturated rings. The van der Waals surface area contributed by atoms with E-state index in [1.54, 1.807) is 17.0 Å². The van der Waals surface area contributed by atoms with Gasteiger partial charge >= 0.3 is 6.03 Å². The van der Waals surface area contributed by atoms with Gasteiger partial charge in [-0.3, -0.25) is 9.69 Å². The van der Waals surface area contributed by atoms with E-state index in [9.17, 15) is 9.59 Å². The number of aryl methyl sites for hydroxylation is 1. The normalized spacial score (nSPS) is 14.8. The van der Waals surface area contributed by atoms with Crippen molar-refractivity contribution in [3.05, 3.63) is 53.4 Å². The monoisotopic (exact) mass is 371 g/mol. The van der Waals surface area contributed by atoms with Crippen LogP contribution in [0.2, 0.25) is 0 Å². The van der Waals surface area contributed by atoms with E-state index in [2.05, 4.69) is 20.7 Å². The molecule has 1 aliphatic rings. The summed E-state index contributed by atoms with van der Waals surface area (Å²) in [5.41, 5.74) is 1.49. The molecule has 2 aromatic rings. The van der Waals surface area contributed by atoms with Gasteiger partial charge in [0.05, 0.1) is 12.2 Å². The van der Waals surface area contributed by atoms with Gasteiger partial charge in [-0.05, 0) is 19.1 Å². The third-order valence-corrected chi connectivity index (χ3v) is 4.44. The van der Waals surface area contributed by atoms with Gasteiger partial charge in [0.15, 0.2) is 5.76 Å². The molecule has 0 saturated carbocycles. The van der Waals surface area contributed by atoms with Gasteiger partial charge in [0.2, 0.25) is 0 Å². The number of nitrogens with one attached hydrogen (secondary N) is 2. The Bertz CT molecular complexity index is 754. The Balaban J connectivity index is 1.32. The van der Waals surface area contributed by atoms with Crippen molar-refractivity contribution in [2.45, 2.75) is 13.5 Å². The highest BCUT2D eigenvalue weighted by Gasteiger charge is 2.21. The summed E-state index contributed by atoms with van der Waals surface area (Å²) in [5.74, 6) is 0.709. The zero-order chi connectivity index (χ0) is 19.1. The minimum absolute atomic E-state index is 0.0980.